The Balaban J connectivity index is 1.65. The van der Waals surface area contributed by atoms with E-state index in [9.17, 15) is 14.4 Å². The van der Waals surface area contributed by atoms with E-state index in [4.69, 9.17) is 0 Å². The minimum atomic E-state index is -1.15. The summed E-state index contributed by atoms with van der Waals surface area (Å²) in [5, 5.41) is 2.23. The van der Waals surface area contributed by atoms with Crippen LogP contribution in [0.25, 0.3) is 10.8 Å². The third-order valence-electron chi connectivity index (χ3n) is 6.55. The number of nitrogens with zero attached hydrogens (tertiary/aromatic N) is 2. The number of carbonyl (C=O) groups excluding carboxylic acids is 3. The Morgan fingerprint density at radius 3 is 2.41 bits per heavy atom. The van der Waals surface area contributed by atoms with Gasteiger partial charge in [0.2, 0.25) is 17.7 Å². The van der Waals surface area contributed by atoms with E-state index in [-0.39, 0.29) is 30.6 Å². The van der Waals surface area contributed by atoms with Crippen molar-refractivity contribution in [2.45, 2.75) is 38.6 Å². The molecule has 5 nitrogen and oxygen atoms in total. The van der Waals surface area contributed by atoms with Crippen LogP contribution in [0, 0.1) is 6.92 Å². The Labute approximate surface area is 188 Å². The van der Waals surface area contributed by atoms with E-state index < -0.39 is 5.41 Å². The Bertz CT molecular complexity index is 1200. The Hall–Kier alpha value is -3.47. The SMILES string of the molecule is CCN1C(=O)CC(CC(=O)N(C)Cc2cccc3ccccc23)(c2ccccc2C)C1=O. The first-order valence-corrected chi connectivity index (χ1v) is 11.0. The van der Waals surface area contributed by atoms with Gasteiger partial charge in [0.25, 0.3) is 0 Å². The fraction of sp³-hybridized carbons (Fsp3) is 0.296. The normalized spacial score (nSPS) is 18.4. The minimum absolute atomic E-state index is 0.0262. The molecule has 0 saturated carbocycles. The van der Waals surface area contributed by atoms with Crippen LogP contribution in [0.1, 0.15) is 36.5 Å². The molecule has 0 aromatic heterocycles. The van der Waals surface area contributed by atoms with E-state index in [1.54, 1.807) is 18.9 Å². The molecule has 0 bridgehead atoms. The summed E-state index contributed by atoms with van der Waals surface area (Å²) in [5.74, 6) is -0.642. The molecule has 3 aromatic rings. The lowest BCUT2D eigenvalue weighted by molar-refractivity contribution is -0.142. The van der Waals surface area contributed by atoms with Crippen LogP contribution < -0.4 is 0 Å². The standard InChI is InChI=1S/C27H28N2O3/c1-4-29-25(31)17-27(26(29)32,23-15-8-5-10-19(23)2)16-24(30)28(3)18-21-13-9-12-20-11-6-7-14-22(20)21/h5-15H,4,16-18H2,1-3H3. The molecule has 0 spiro atoms. The zero-order chi connectivity index (χ0) is 22.9. The summed E-state index contributed by atoms with van der Waals surface area (Å²) in [5.41, 5.74) is 1.58. The predicted molar refractivity (Wildman–Crippen MR) is 125 cm³/mol. The van der Waals surface area contributed by atoms with Gasteiger partial charge in [0.15, 0.2) is 0 Å². The second-order valence-corrected chi connectivity index (χ2v) is 8.58. The van der Waals surface area contributed by atoms with Crippen LogP contribution in [0.2, 0.25) is 0 Å². The fourth-order valence-electron chi connectivity index (χ4n) is 4.84. The van der Waals surface area contributed by atoms with Gasteiger partial charge in [-0.25, -0.2) is 0 Å². The number of amides is 3. The lowest BCUT2D eigenvalue weighted by atomic mass is 9.74. The molecule has 0 radical (unpaired) electrons. The first kappa shape index (κ1) is 21.8. The quantitative estimate of drug-likeness (QED) is 0.553. The molecule has 1 fully saturated rings. The van der Waals surface area contributed by atoms with Gasteiger partial charge in [-0.05, 0) is 41.3 Å². The molecule has 1 aliphatic rings. The highest BCUT2D eigenvalue weighted by atomic mass is 16.2. The lowest BCUT2D eigenvalue weighted by Crippen LogP contribution is -2.43. The molecule has 164 valence electrons. The van der Waals surface area contributed by atoms with Crippen molar-refractivity contribution in [2.24, 2.45) is 0 Å². The maximum Gasteiger partial charge on any atom is 0.240 e. The summed E-state index contributed by atoms with van der Waals surface area (Å²) < 4.78 is 0. The van der Waals surface area contributed by atoms with Crippen molar-refractivity contribution in [1.82, 2.24) is 9.80 Å². The van der Waals surface area contributed by atoms with Gasteiger partial charge in [0.1, 0.15) is 0 Å². The van der Waals surface area contributed by atoms with Crippen LogP contribution in [0.15, 0.2) is 66.7 Å². The van der Waals surface area contributed by atoms with E-state index in [0.717, 1.165) is 27.5 Å². The third-order valence-corrected chi connectivity index (χ3v) is 6.55. The van der Waals surface area contributed by atoms with Crippen molar-refractivity contribution in [3.63, 3.8) is 0 Å². The highest BCUT2D eigenvalue weighted by molar-refractivity contribution is 6.10. The highest BCUT2D eigenvalue weighted by Gasteiger charge is 2.54. The average Bonchev–Trinajstić information content (AvgIpc) is 3.03. The maximum atomic E-state index is 13.4. The minimum Gasteiger partial charge on any atom is -0.341 e. The number of rotatable bonds is 6. The van der Waals surface area contributed by atoms with Crippen molar-refractivity contribution in [1.29, 1.82) is 0 Å². The van der Waals surface area contributed by atoms with Gasteiger partial charge in [-0.2, -0.15) is 0 Å². The Morgan fingerprint density at radius 1 is 1.00 bits per heavy atom. The van der Waals surface area contributed by atoms with E-state index in [1.807, 2.05) is 55.5 Å². The number of hydrogen-bond acceptors (Lipinski definition) is 3. The number of likely N-dealkylation sites (N-methyl/N-ethyl adjacent to an activating group) is 1. The molecule has 1 aliphatic heterocycles. The fourth-order valence-corrected chi connectivity index (χ4v) is 4.84. The molecule has 3 aromatic carbocycles. The number of likely N-dealkylation sites (tertiary alicyclic amines) is 1. The van der Waals surface area contributed by atoms with Gasteiger partial charge in [0.05, 0.1) is 5.41 Å². The van der Waals surface area contributed by atoms with Gasteiger partial charge < -0.3 is 4.90 Å². The molecular weight excluding hydrogens is 400 g/mol. The van der Waals surface area contributed by atoms with Gasteiger partial charge in [-0.1, -0.05) is 66.7 Å². The van der Waals surface area contributed by atoms with Crippen LogP contribution in [0.4, 0.5) is 0 Å². The lowest BCUT2D eigenvalue weighted by Gasteiger charge is -2.30. The summed E-state index contributed by atoms with van der Waals surface area (Å²) in [6.45, 7) is 4.46. The monoisotopic (exact) mass is 428 g/mol. The van der Waals surface area contributed by atoms with E-state index in [1.165, 1.54) is 4.90 Å². The summed E-state index contributed by atoms with van der Waals surface area (Å²) in [4.78, 5) is 42.5. The summed E-state index contributed by atoms with van der Waals surface area (Å²) in [6.07, 6.45) is -0.00142. The molecule has 1 unspecified atom stereocenters. The Kier molecular flexibility index (Phi) is 5.83. The molecule has 0 N–H and O–H groups in total. The summed E-state index contributed by atoms with van der Waals surface area (Å²) >= 11 is 0. The Morgan fingerprint density at radius 2 is 1.69 bits per heavy atom. The first-order valence-electron chi connectivity index (χ1n) is 11.0. The summed E-state index contributed by atoms with van der Waals surface area (Å²) in [6, 6.07) is 21.7. The zero-order valence-corrected chi connectivity index (χ0v) is 18.8. The first-order chi connectivity index (χ1) is 15.4. The molecule has 32 heavy (non-hydrogen) atoms. The van der Waals surface area contributed by atoms with E-state index in [0.29, 0.717) is 13.1 Å². The molecule has 4 rings (SSSR count). The van der Waals surface area contributed by atoms with Crippen LogP contribution in [0.5, 0.6) is 0 Å². The van der Waals surface area contributed by atoms with Crippen molar-refractivity contribution in [2.75, 3.05) is 13.6 Å². The zero-order valence-electron chi connectivity index (χ0n) is 18.8. The number of carbonyl (C=O) groups is 3. The number of aryl methyl sites for hydroxylation is 1. The van der Waals surface area contributed by atoms with Crippen LogP contribution >= 0.6 is 0 Å². The topological polar surface area (TPSA) is 57.7 Å². The van der Waals surface area contributed by atoms with Crippen molar-refractivity contribution < 1.29 is 14.4 Å². The summed E-state index contributed by atoms with van der Waals surface area (Å²) in [7, 11) is 1.76. The molecule has 3 amide bonds. The van der Waals surface area contributed by atoms with Crippen LogP contribution in [-0.4, -0.2) is 41.1 Å². The van der Waals surface area contributed by atoms with Crippen molar-refractivity contribution >= 4 is 28.5 Å². The smallest absolute Gasteiger partial charge is 0.240 e. The van der Waals surface area contributed by atoms with E-state index in [2.05, 4.69) is 18.2 Å². The molecule has 1 heterocycles. The van der Waals surface area contributed by atoms with Gasteiger partial charge >= 0.3 is 0 Å². The van der Waals surface area contributed by atoms with Crippen molar-refractivity contribution in [3.8, 4) is 0 Å². The number of imide groups is 1. The largest absolute Gasteiger partial charge is 0.341 e. The van der Waals surface area contributed by atoms with Gasteiger partial charge in [-0.3, -0.25) is 19.3 Å². The molecule has 0 aliphatic carbocycles. The van der Waals surface area contributed by atoms with Crippen LogP contribution in [0.3, 0.4) is 0 Å². The molecule has 5 heteroatoms. The number of fused-ring (bicyclic) bond motifs is 1. The predicted octanol–water partition coefficient (Wildman–Crippen LogP) is 4.21. The number of hydrogen-bond donors (Lipinski definition) is 0. The molecule has 1 saturated heterocycles. The second-order valence-electron chi connectivity index (χ2n) is 8.58. The molecular formula is C27H28N2O3. The molecule has 1 atom stereocenters. The maximum absolute atomic E-state index is 13.4. The van der Waals surface area contributed by atoms with Gasteiger partial charge in [0, 0.05) is 33.0 Å². The van der Waals surface area contributed by atoms with Gasteiger partial charge in [-0.15, -0.1) is 0 Å². The third kappa shape index (κ3) is 3.68. The second kappa shape index (κ2) is 8.58. The highest BCUT2D eigenvalue weighted by Crippen LogP contribution is 2.41. The average molecular weight is 429 g/mol. The van der Waals surface area contributed by atoms with E-state index >= 15 is 0 Å². The van der Waals surface area contributed by atoms with Crippen LogP contribution in [-0.2, 0) is 26.3 Å². The number of benzene rings is 3. The van der Waals surface area contributed by atoms with Crippen molar-refractivity contribution in [3.05, 3.63) is 83.4 Å².